The maximum Gasteiger partial charge on any atom is 0.211 e. The van der Waals surface area contributed by atoms with Crippen molar-refractivity contribution in [2.45, 2.75) is 32.6 Å². The summed E-state index contributed by atoms with van der Waals surface area (Å²) in [6.07, 6.45) is 3.22. The minimum Gasteiger partial charge on any atom is -0.381 e. The SMILES string of the molecule is CC1(CNS(=O)(=O)CCCCN)CCOCC1. The highest BCUT2D eigenvalue weighted by atomic mass is 32.2. The van der Waals surface area contributed by atoms with Crippen LogP contribution in [0.1, 0.15) is 32.6 Å². The Balaban J connectivity index is 2.32. The van der Waals surface area contributed by atoms with Crippen LogP contribution in [0.4, 0.5) is 0 Å². The molecule has 0 aromatic rings. The van der Waals surface area contributed by atoms with Crippen molar-refractivity contribution in [3.8, 4) is 0 Å². The average Bonchev–Trinajstić information content (AvgIpc) is 2.28. The third-order valence-corrected chi connectivity index (χ3v) is 4.70. The molecule has 1 saturated heterocycles. The zero-order valence-corrected chi connectivity index (χ0v) is 11.4. The lowest BCUT2D eigenvalue weighted by Gasteiger charge is -2.33. The van der Waals surface area contributed by atoms with Crippen LogP contribution in [-0.2, 0) is 14.8 Å². The fourth-order valence-corrected chi connectivity index (χ4v) is 3.13. The van der Waals surface area contributed by atoms with Crippen LogP contribution < -0.4 is 10.5 Å². The fraction of sp³-hybridized carbons (Fsp3) is 1.00. The molecule has 0 spiro atoms. The lowest BCUT2D eigenvalue weighted by atomic mass is 9.83. The zero-order valence-electron chi connectivity index (χ0n) is 10.6. The van der Waals surface area contributed by atoms with Gasteiger partial charge in [0.15, 0.2) is 0 Å². The zero-order chi connectivity index (χ0) is 12.8. The number of unbranched alkanes of at least 4 members (excludes halogenated alkanes) is 1. The molecule has 5 nitrogen and oxygen atoms in total. The predicted molar refractivity (Wildman–Crippen MR) is 68.2 cm³/mol. The molecular formula is C11H24N2O3S. The van der Waals surface area contributed by atoms with Crippen LogP contribution in [0.15, 0.2) is 0 Å². The van der Waals surface area contributed by atoms with Gasteiger partial charge in [0.1, 0.15) is 0 Å². The summed E-state index contributed by atoms with van der Waals surface area (Å²) < 4.78 is 31.4. The molecule has 1 heterocycles. The van der Waals surface area contributed by atoms with E-state index in [1.807, 2.05) is 0 Å². The van der Waals surface area contributed by atoms with Gasteiger partial charge in [0.2, 0.25) is 10.0 Å². The minimum atomic E-state index is -3.14. The predicted octanol–water partition coefficient (Wildman–Crippen LogP) is 0.461. The van der Waals surface area contributed by atoms with Crippen molar-refractivity contribution >= 4 is 10.0 Å². The number of rotatable bonds is 7. The third-order valence-electron chi connectivity index (χ3n) is 3.29. The maximum absolute atomic E-state index is 11.7. The molecule has 1 fully saturated rings. The minimum absolute atomic E-state index is 0.0409. The Bertz CT molecular complexity index is 311. The summed E-state index contributed by atoms with van der Waals surface area (Å²) in [5.41, 5.74) is 5.38. The quantitative estimate of drug-likeness (QED) is 0.655. The molecule has 1 aliphatic rings. The van der Waals surface area contributed by atoms with Gasteiger partial charge in [-0.05, 0) is 37.6 Å². The maximum atomic E-state index is 11.7. The van der Waals surface area contributed by atoms with Gasteiger partial charge in [0, 0.05) is 19.8 Å². The molecule has 3 N–H and O–H groups in total. The van der Waals surface area contributed by atoms with Crippen LogP contribution in [0, 0.1) is 5.41 Å². The second kappa shape index (κ2) is 6.68. The molecule has 102 valence electrons. The molecule has 17 heavy (non-hydrogen) atoms. The lowest BCUT2D eigenvalue weighted by molar-refractivity contribution is 0.0265. The highest BCUT2D eigenvalue weighted by Gasteiger charge is 2.28. The molecule has 1 aliphatic heterocycles. The summed E-state index contributed by atoms with van der Waals surface area (Å²) in [6.45, 7) is 4.63. The number of nitrogens with two attached hydrogens (primary N) is 1. The Morgan fingerprint density at radius 3 is 2.53 bits per heavy atom. The van der Waals surface area contributed by atoms with E-state index in [1.54, 1.807) is 0 Å². The Labute approximate surface area is 104 Å². The molecular weight excluding hydrogens is 240 g/mol. The van der Waals surface area contributed by atoms with Gasteiger partial charge < -0.3 is 10.5 Å². The summed E-state index contributed by atoms with van der Waals surface area (Å²) in [7, 11) is -3.14. The number of hydrogen-bond acceptors (Lipinski definition) is 4. The first-order valence-corrected chi connectivity index (χ1v) is 7.88. The molecule has 0 aromatic heterocycles. The molecule has 0 amide bonds. The number of sulfonamides is 1. The normalized spacial score (nSPS) is 20.4. The molecule has 0 radical (unpaired) electrons. The van der Waals surface area contributed by atoms with Gasteiger partial charge >= 0.3 is 0 Å². The average molecular weight is 264 g/mol. The third kappa shape index (κ3) is 5.81. The van der Waals surface area contributed by atoms with Crippen molar-refractivity contribution < 1.29 is 13.2 Å². The number of hydrogen-bond donors (Lipinski definition) is 2. The Morgan fingerprint density at radius 1 is 1.29 bits per heavy atom. The van der Waals surface area contributed by atoms with Crippen LogP contribution in [0.2, 0.25) is 0 Å². The van der Waals surface area contributed by atoms with E-state index in [0.29, 0.717) is 19.5 Å². The summed E-state index contributed by atoms with van der Waals surface area (Å²) >= 11 is 0. The second-order valence-electron chi connectivity index (χ2n) is 5.06. The second-order valence-corrected chi connectivity index (χ2v) is 6.99. The molecule has 0 unspecified atom stereocenters. The Morgan fingerprint density at radius 2 is 1.94 bits per heavy atom. The van der Waals surface area contributed by atoms with E-state index in [4.69, 9.17) is 10.5 Å². The highest BCUT2D eigenvalue weighted by Crippen LogP contribution is 2.28. The number of ether oxygens (including phenoxy) is 1. The van der Waals surface area contributed by atoms with Crippen LogP contribution >= 0.6 is 0 Å². The van der Waals surface area contributed by atoms with E-state index < -0.39 is 10.0 Å². The van der Waals surface area contributed by atoms with E-state index in [1.165, 1.54) is 0 Å². The van der Waals surface area contributed by atoms with E-state index in [0.717, 1.165) is 32.5 Å². The van der Waals surface area contributed by atoms with Crippen LogP contribution in [-0.4, -0.2) is 40.5 Å². The van der Waals surface area contributed by atoms with Gasteiger partial charge in [-0.2, -0.15) is 0 Å². The van der Waals surface area contributed by atoms with E-state index in [2.05, 4.69) is 11.6 Å². The van der Waals surface area contributed by atoms with Crippen LogP contribution in [0.25, 0.3) is 0 Å². The lowest BCUT2D eigenvalue weighted by Crippen LogP contribution is -2.40. The van der Waals surface area contributed by atoms with Crippen molar-refractivity contribution in [1.82, 2.24) is 4.72 Å². The first-order valence-electron chi connectivity index (χ1n) is 6.23. The van der Waals surface area contributed by atoms with E-state index in [9.17, 15) is 8.42 Å². The molecule has 0 saturated carbocycles. The van der Waals surface area contributed by atoms with Gasteiger partial charge in [0.05, 0.1) is 5.75 Å². The first-order chi connectivity index (χ1) is 7.97. The van der Waals surface area contributed by atoms with E-state index in [-0.39, 0.29) is 11.2 Å². The Hall–Kier alpha value is -0.170. The topological polar surface area (TPSA) is 81.4 Å². The summed E-state index contributed by atoms with van der Waals surface area (Å²) in [4.78, 5) is 0. The fourth-order valence-electron chi connectivity index (χ4n) is 1.83. The summed E-state index contributed by atoms with van der Waals surface area (Å²) in [6, 6.07) is 0. The monoisotopic (exact) mass is 264 g/mol. The molecule has 1 rings (SSSR count). The van der Waals surface area contributed by atoms with Crippen molar-refractivity contribution in [1.29, 1.82) is 0 Å². The van der Waals surface area contributed by atoms with Crippen molar-refractivity contribution in [2.75, 3.05) is 32.1 Å². The molecule has 0 bridgehead atoms. The van der Waals surface area contributed by atoms with Crippen molar-refractivity contribution in [3.63, 3.8) is 0 Å². The van der Waals surface area contributed by atoms with Gasteiger partial charge in [-0.3, -0.25) is 0 Å². The molecule has 0 atom stereocenters. The first kappa shape index (κ1) is 14.9. The van der Waals surface area contributed by atoms with Gasteiger partial charge in [-0.25, -0.2) is 13.1 Å². The van der Waals surface area contributed by atoms with Gasteiger partial charge in [-0.1, -0.05) is 6.92 Å². The van der Waals surface area contributed by atoms with E-state index >= 15 is 0 Å². The van der Waals surface area contributed by atoms with Gasteiger partial charge in [0.25, 0.3) is 0 Å². The van der Waals surface area contributed by atoms with Crippen LogP contribution in [0.5, 0.6) is 0 Å². The smallest absolute Gasteiger partial charge is 0.211 e. The van der Waals surface area contributed by atoms with Crippen LogP contribution in [0.3, 0.4) is 0 Å². The molecule has 6 heteroatoms. The molecule has 0 aromatic carbocycles. The van der Waals surface area contributed by atoms with Crippen molar-refractivity contribution in [2.24, 2.45) is 11.1 Å². The largest absolute Gasteiger partial charge is 0.381 e. The standard InChI is InChI=1S/C11H24N2O3S/c1-11(4-7-16-8-5-11)10-13-17(14,15)9-3-2-6-12/h13H,2-10,12H2,1H3. The number of nitrogens with one attached hydrogen (secondary N) is 1. The Kier molecular flexibility index (Phi) is 5.85. The molecule has 0 aliphatic carbocycles. The highest BCUT2D eigenvalue weighted by molar-refractivity contribution is 7.89. The summed E-state index contributed by atoms with van der Waals surface area (Å²) in [5.74, 6) is 0.177. The summed E-state index contributed by atoms with van der Waals surface area (Å²) in [5, 5.41) is 0. The van der Waals surface area contributed by atoms with Crippen molar-refractivity contribution in [3.05, 3.63) is 0 Å². The van der Waals surface area contributed by atoms with Gasteiger partial charge in [-0.15, -0.1) is 0 Å².